The highest BCUT2D eigenvalue weighted by Crippen LogP contribution is 2.30. The highest BCUT2D eigenvalue weighted by atomic mass is 32.1. The number of nitrogens with zero attached hydrogens (tertiary/aromatic N) is 1. The maximum absolute atomic E-state index is 13.1. The number of carbonyl (C=O) groups is 1. The van der Waals surface area contributed by atoms with E-state index in [1.165, 1.54) is 18.6 Å². The van der Waals surface area contributed by atoms with Gasteiger partial charge in [0.15, 0.2) is 0 Å². The lowest BCUT2D eigenvalue weighted by atomic mass is 9.80. The number of benzene rings is 1. The first-order valence-electron chi connectivity index (χ1n) is 9.37. The van der Waals surface area contributed by atoms with E-state index in [2.05, 4.69) is 22.5 Å². The number of hydrogen-bond donors (Lipinski definition) is 2. The molecule has 0 bridgehead atoms. The van der Waals surface area contributed by atoms with Gasteiger partial charge in [0.05, 0.1) is 11.2 Å². The van der Waals surface area contributed by atoms with Gasteiger partial charge in [-0.1, -0.05) is 26.2 Å². The van der Waals surface area contributed by atoms with Crippen molar-refractivity contribution >= 4 is 17.2 Å². The average Bonchev–Trinajstić information content (AvgIpc) is 3.15. The van der Waals surface area contributed by atoms with Crippen molar-refractivity contribution in [1.29, 1.82) is 0 Å². The summed E-state index contributed by atoms with van der Waals surface area (Å²) in [4.78, 5) is 17.4. The Morgan fingerprint density at radius 1 is 1.23 bits per heavy atom. The molecule has 6 heteroatoms. The Morgan fingerprint density at radius 3 is 2.65 bits per heavy atom. The number of carbonyl (C=O) groups excluding carboxylic acids is 1. The van der Waals surface area contributed by atoms with Gasteiger partial charge in [-0.25, -0.2) is 9.37 Å². The maximum atomic E-state index is 13.1. The molecule has 1 aliphatic carbocycles. The fourth-order valence-electron chi connectivity index (χ4n) is 3.42. The first-order chi connectivity index (χ1) is 12.6. The zero-order valence-electron chi connectivity index (χ0n) is 15.2. The van der Waals surface area contributed by atoms with Gasteiger partial charge >= 0.3 is 0 Å². The zero-order chi connectivity index (χ0) is 18.4. The Morgan fingerprint density at radius 2 is 1.96 bits per heavy atom. The molecule has 0 aliphatic heterocycles. The van der Waals surface area contributed by atoms with Gasteiger partial charge in [0.2, 0.25) is 5.91 Å². The summed E-state index contributed by atoms with van der Waals surface area (Å²) in [6, 6.07) is 6.38. The standard InChI is InChI=1S/C20H26FN3OS/c1-2-12-22-19(25)20(10-4-3-5-11-20)23-13-17-14-26-18(24-17)15-6-8-16(21)9-7-15/h6-9,14,23H,2-5,10-13H2,1H3,(H,22,25). The van der Waals surface area contributed by atoms with E-state index >= 15 is 0 Å². The Bertz CT molecular complexity index is 723. The van der Waals surface area contributed by atoms with Crippen LogP contribution in [-0.2, 0) is 11.3 Å². The van der Waals surface area contributed by atoms with E-state index in [1.807, 2.05) is 5.38 Å². The molecule has 3 rings (SSSR count). The van der Waals surface area contributed by atoms with Crippen molar-refractivity contribution in [3.8, 4) is 10.6 Å². The first kappa shape index (κ1) is 19.0. The summed E-state index contributed by atoms with van der Waals surface area (Å²) in [5.41, 5.74) is 1.35. The SMILES string of the molecule is CCCNC(=O)C1(NCc2csc(-c3ccc(F)cc3)n2)CCCCC1. The molecule has 4 nitrogen and oxygen atoms in total. The number of thiazole rings is 1. The van der Waals surface area contributed by atoms with Crippen LogP contribution in [0.25, 0.3) is 10.6 Å². The van der Waals surface area contributed by atoms with E-state index in [4.69, 9.17) is 0 Å². The topological polar surface area (TPSA) is 54.0 Å². The highest BCUT2D eigenvalue weighted by Gasteiger charge is 2.38. The van der Waals surface area contributed by atoms with Crippen molar-refractivity contribution in [2.45, 2.75) is 57.5 Å². The minimum absolute atomic E-state index is 0.119. The smallest absolute Gasteiger partial charge is 0.240 e. The number of aromatic nitrogens is 1. The molecule has 2 N–H and O–H groups in total. The van der Waals surface area contributed by atoms with Crippen molar-refractivity contribution in [3.05, 3.63) is 41.2 Å². The van der Waals surface area contributed by atoms with Gasteiger partial charge < -0.3 is 5.32 Å². The van der Waals surface area contributed by atoms with Crippen molar-refractivity contribution in [2.24, 2.45) is 0 Å². The van der Waals surface area contributed by atoms with Crippen molar-refractivity contribution < 1.29 is 9.18 Å². The summed E-state index contributed by atoms with van der Waals surface area (Å²) in [7, 11) is 0. The second-order valence-electron chi connectivity index (χ2n) is 6.90. The fourth-order valence-corrected chi connectivity index (χ4v) is 4.25. The molecule has 0 atom stereocenters. The normalized spacial score (nSPS) is 16.4. The number of rotatable bonds is 7. The molecule has 1 heterocycles. The Balaban J connectivity index is 1.67. The number of nitrogens with one attached hydrogen (secondary N) is 2. The Labute approximate surface area is 158 Å². The van der Waals surface area contributed by atoms with Crippen LogP contribution in [0.2, 0.25) is 0 Å². The lowest BCUT2D eigenvalue weighted by Crippen LogP contribution is -2.57. The molecule has 0 radical (unpaired) electrons. The Kier molecular flexibility index (Phi) is 6.38. The summed E-state index contributed by atoms with van der Waals surface area (Å²) in [6.45, 7) is 3.35. The van der Waals surface area contributed by atoms with Gasteiger partial charge in [-0.15, -0.1) is 11.3 Å². The summed E-state index contributed by atoms with van der Waals surface area (Å²) in [6.07, 6.45) is 6.02. The molecule has 1 saturated carbocycles. The third-order valence-electron chi connectivity index (χ3n) is 4.93. The van der Waals surface area contributed by atoms with Crippen molar-refractivity contribution in [3.63, 3.8) is 0 Å². The van der Waals surface area contributed by atoms with Crippen LogP contribution >= 0.6 is 11.3 Å². The lowest BCUT2D eigenvalue weighted by Gasteiger charge is -2.36. The van der Waals surface area contributed by atoms with Crippen LogP contribution in [0.3, 0.4) is 0 Å². The van der Waals surface area contributed by atoms with E-state index in [0.717, 1.165) is 48.4 Å². The number of amides is 1. The molecule has 1 amide bonds. The molecule has 1 aliphatic rings. The highest BCUT2D eigenvalue weighted by molar-refractivity contribution is 7.13. The van der Waals surface area contributed by atoms with E-state index in [9.17, 15) is 9.18 Å². The van der Waals surface area contributed by atoms with Gasteiger partial charge in [-0.05, 0) is 43.5 Å². The molecule has 2 aromatic rings. The number of halogens is 1. The van der Waals surface area contributed by atoms with Crippen LogP contribution in [0.15, 0.2) is 29.6 Å². The van der Waals surface area contributed by atoms with Gasteiger partial charge in [0, 0.05) is 24.0 Å². The van der Waals surface area contributed by atoms with Crippen molar-refractivity contribution in [2.75, 3.05) is 6.54 Å². The summed E-state index contributed by atoms with van der Waals surface area (Å²) < 4.78 is 13.1. The largest absolute Gasteiger partial charge is 0.355 e. The Hall–Kier alpha value is -1.79. The molecular weight excluding hydrogens is 349 g/mol. The third-order valence-corrected chi connectivity index (χ3v) is 5.87. The van der Waals surface area contributed by atoms with Gasteiger partial charge in [-0.3, -0.25) is 10.1 Å². The van der Waals surface area contributed by atoms with Crippen molar-refractivity contribution in [1.82, 2.24) is 15.6 Å². The first-order valence-corrected chi connectivity index (χ1v) is 10.2. The van der Waals surface area contributed by atoms with Gasteiger partial charge in [-0.2, -0.15) is 0 Å². The molecular formula is C20H26FN3OS. The maximum Gasteiger partial charge on any atom is 0.240 e. The van der Waals surface area contributed by atoms with E-state index in [1.54, 1.807) is 23.5 Å². The van der Waals surface area contributed by atoms with Crippen LogP contribution in [0, 0.1) is 5.82 Å². The summed E-state index contributed by atoms with van der Waals surface area (Å²) in [5, 5.41) is 9.44. The van der Waals surface area contributed by atoms with E-state index < -0.39 is 5.54 Å². The number of hydrogen-bond acceptors (Lipinski definition) is 4. The molecule has 0 saturated heterocycles. The quantitative estimate of drug-likeness (QED) is 0.760. The molecule has 0 spiro atoms. The van der Waals surface area contributed by atoms with Gasteiger partial charge in [0.25, 0.3) is 0 Å². The predicted molar refractivity (Wildman–Crippen MR) is 103 cm³/mol. The molecule has 1 fully saturated rings. The summed E-state index contributed by atoms with van der Waals surface area (Å²) in [5.74, 6) is -0.127. The molecule has 0 unspecified atom stereocenters. The molecule has 140 valence electrons. The monoisotopic (exact) mass is 375 g/mol. The zero-order valence-corrected chi connectivity index (χ0v) is 16.0. The molecule has 1 aromatic heterocycles. The second-order valence-corrected chi connectivity index (χ2v) is 7.76. The van der Waals surface area contributed by atoms with Crippen LogP contribution in [-0.4, -0.2) is 23.0 Å². The minimum atomic E-state index is -0.479. The van der Waals surface area contributed by atoms with Crippen LogP contribution in [0.5, 0.6) is 0 Å². The average molecular weight is 376 g/mol. The molecule has 1 aromatic carbocycles. The van der Waals surface area contributed by atoms with Crippen LogP contribution in [0.1, 0.15) is 51.1 Å². The molecule has 26 heavy (non-hydrogen) atoms. The summed E-state index contributed by atoms with van der Waals surface area (Å²) >= 11 is 1.54. The van der Waals surface area contributed by atoms with E-state index in [0.29, 0.717) is 13.1 Å². The van der Waals surface area contributed by atoms with Gasteiger partial charge in [0.1, 0.15) is 10.8 Å². The predicted octanol–water partition coefficient (Wildman–Crippen LogP) is 4.27. The van der Waals surface area contributed by atoms with Crippen LogP contribution < -0.4 is 10.6 Å². The van der Waals surface area contributed by atoms with E-state index in [-0.39, 0.29) is 11.7 Å². The third kappa shape index (κ3) is 4.48. The van der Waals surface area contributed by atoms with Crippen LogP contribution in [0.4, 0.5) is 4.39 Å². The minimum Gasteiger partial charge on any atom is -0.355 e. The fraction of sp³-hybridized carbons (Fsp3) is 0.500. The lowest BCUT2D eigenvalue weighted by molar-refractivity contribution is -0.129. The second kappa shape index (κ2) is 8.73.